The number of hydrogen-bond donors (Lipinski definition) is 1. The molecule has 0 saturated heterocycles. The molecule has 0 amide bonds. The Morgan fingerprint density at radius 1 is 1.36 bits per heavy atom. The van der Waals surface area contributed by atoms with Gasteiger partial charge in [0.05, 0.1) is 6.61 Å². The Labute approximate surface area is 131 Å². The third-order valence-corrected chi connectivity index (χ3v) is 3.89. The van der Waals surface area contributed by atoms with Crippen LogP contribution in [0.4, 0.5) is 4.39 Å². The van der Waals surface area contributed by atoms with E-state index in [9.17, 15) is 14.3 Å². The fourth-order valence-corrected chi connectivity index (χ4v) is 2.66. The molecule has 0 aliphatic heterocycles. The first-order valence-electron chi connectivity index (χ1n) is 6.85. The van der Waals surface area contributed by atoms with Gasteiger partial charge in [0.2, 0.25) is 5.76 Å². The first-order valence-corrected chi connectivity index (χ1v) is 7.67. The number of benzene rings is 1. The quantitative estimate of drug-likeness (QED) is 0.502. The lowest BCUT2D eigenvalue weighted by Gasteiger charge is -1.99. The van der Waals surface area contributed by atoms with Crippen molar-refractivity contribution in [3.05, 3.63) is 57.5 Å². The van der Waals surface area contributed by atoms with E-state index < -0.39 is 11.7 Å². The summed E-state index contributed by atoms with van der Waals surface area (Å²) in [5, 5.41) is 10.1. The number of aliphatic hydroxyl groups is 1. The van der Waals surface area contributed by atoms with Crippen molar-refractivity contribution in [2.75, 3.05) is 6.61 Å². The van der Waals surface area contributed by atoms with Crippen molar-refractivity contribution < 1.29 is 19.0 Å². The molecule has 0 radical (unpaired) electrons. The standard InChI is InChI=1S/C16H16FNO3S/c1-2-21-16(20)14(19)9-15-18-10-13(22-15)8-5-11-3-6-12(17)7-4-11/h3-4,6-7,9-10,19H,2,5,8H2,1H3/b14-9-. The second-order valence-corrected chi connectivity index (χ2v) is 5.69. The molecule has 116 valence electrons. The van der Waals surface area contributed by atoms with E-state index in [1.54, 1.807) is 25.3 Å². The summed E-state index contributed by atoms with van der Waals surface area (Å²) in [6.45, 7) is 1.87. The lowest BCUT2D eigenvalue weighted by Crippen LogP contribution is -2.06. The number of ether oxygens (including phenoxy) is 1. The minimum atomic E-state index is -0.759. The number of thiazole rings is 1. The van der Waals surface area contributed by atoms with Crippen LogP contribution in [0.3, 0.4) is 0 Å². The highest BCUT2D eigenvalue weighted by atomic mass is 32.1. The van der Waals surface area contributed by atoms with Gasteiger partial charge in [-0.15, -0.1) is 11.3 Å². The van der Waals surface area contributed by atoms with Crippen LogP contribution in [-0.2, 0) is 22.4 Å². The summed E-state index contributed by atoms with van der Waals surface area (Å²) in [6, 6.07) is 6.38. The summed E-state index contributed by atoms with van der Waals surface area (Å²) < 4.78 is 17.5. The van der Waals surface area contributed by atoms with Crippen LogP contribution in [0, 0.1) is 5.82 Å². The van der Waals surface area contributed by atoms with Gasteiger partial charge in [-0.2, -0.15) is 0 Å². The molecule has 22 heavy (non-hydrogen) atoms. The van der Waals surface area contributed by atoms with Crippen molar-refractivity contribution in [2.45, 2.75) is 19.8 Å². The van der Waals surface area contributed by atoms with E-state index in [2.05, 4.69) is 9.72 Å². The van der Waals surface area contributed by atoms with Crippen molar-refractivity contribution in [3.63, 3.8) is 0 Å². The molecule has 0 saturated carbocycles. The van der Waals surface area contributed by atoms with Gasteiger partial charge in [-0.25, -0.2) is 14.2 Å². The van der Waals surface area contributed by atoms with E-state index >= 15 is 0 Å². The fourth-order valence-electron chi connectivity index (χ4n) is 1.80. The number of halogens is 1. The zero-order chi connectivity index (χ0) is 15.9. The number of rotatable bonds is 6. The highest BCUT2D eigenvalue weighted by Crippen LogP contribution is 2.18. The lowest BCUT2D eigenvalue weighted by atomic mass is 10.1. The first-order chi connectivity index (χ1) is 10.6. The molecule has 2 rings (SSSR count). The molecule has 0 unspecified atom stereocenters. The summed E-state index contributed by atoms with van der Waals surface area (Å²) in [4.78, 5) is 16.5. The van der Waals surface area contributed by atoms with E-state index in [1.807, 2.05) is 0 Å². The van der Waals surface area contributed by atoms with Crippen LogP contribution in [0.25, 0.3) is 6.08 Å². The maximum atomic E-state index is 12.8. The molecule has 0 atom stereocenters. The van der Waals surface area contributed by atoms with E-state index in [0.717, 1.165) is 23.3 Å². The molecule has 6 heteroatoms. The molecule has 4 nitrogen and oxygen atoms in total. The number of aliphatic hydroxyl groups excluding tert-OH is 1. The van der Waals surface area contributed by atoms with Gasteiger partial charge in [0.15, 0.2) is 0 Å². The van der Waals surface area contributed by atoms with Gasteiger partial charge in [0.25, 0.3) is 0 Å². The minimum Gasteiger partial charge on any atom is -0.502 e. The topological polar surface area (TPSA) is 59.4 Å². The zero-order valence-electron chi connectivity index (χ0n) is 12.1. The molecule has 1 N–H and O–H groups in total. The Kier molecular flexibility index (Phi) is 5.66. The average molecular weight is 321 g/mol. The average Bonchev–Trinajstić information content (AvgIpc) is 2.94. The molecule has 1 heterocycles. The number of aromatic nitrogens is 1. The van der Waals surface area contributed by atoms with Gasteiger partial charge in [-0.05, 0) is 37.5 Å². The van der Waals surface area contributed by atoms with Gasteiger partial charge in [-0.3, -0.25) is 0 Å². The number of carbonyl (C=O) groups is 1. The third-order valence-electron chi connectivity index (χ3n) is 2.89. The van der Waals surface area contributed by atoms with Crippen LogP contribution < -0.4 is 0 Å². The van der Waals surface area contributed by atoms with Gasteiger partial charge in [0, 0.05) is 17.2 Å². The number of esters is 1. The Bertz CT molecular complexity index is 664. The monoisotopic (exact) mass is 321 g/mol. The predicted molar refractivity (Wildman–Crippen MR) is 83.2 cm³/mol. The Morgan fingerprint density at radius 2 is 2.09 bits per heavy atom. The highest BCUT2D eigenvalue weighted by molar-refractivity contribution is 7.12. The van der Waals surface area contributed by atoms with Crippen LogP contribution in [0.1, 0.15) is 22.4 Å². The lowest BCUT2D eigenvalue weighted by molar-refractivity contribution is -0.141. The van der Waals surface area contributed by atoms with E-state index in [-0.39, 0.29) is 12.4 Å². The smallest absolute Gasteiger partial charge is 0.373 e. The second kappa shape index (κ2) is 7.70. The van der Waals surface area contributed by atoms with Crippen molar-refractivity contribution in [3.8, 4) is 0 Å². The number of nitrogens with zero attached hydrogens (tertiary/aromatic N) is 1. The van der Waals surface area contributed by atoms with Crippen LogP contribution >= 0.6 is 11.3 Å². The van der Waals surface area contributed by atoms with E-state index in [0.29, 0.717) is 5.01 Å². The number of aryl methyl sites for hydroxylation is 2. The maximum absolute atomic E-state index is 12.8. The molecule has 0 fully saturated rings. The van der Waals surface area contributed by atoms with Crippen molar-refractivity contribution >= 4 is 23.4 Å². The van der Waals surface area contributed by atoms with Crippen LogP contribution in [0.15, 0.2) is 36.2 Å². The fraction of sp³-hybridized carbons (Fsp3) is 0.250. The maximum Gasteiger partial charge on any atom is 0.373 e. The number of hydrogen-bond acceptors (Lipinski definition) is 5. The Hall–Kier alpha value is -2.21. The molecule has 0 aliphatic rings. The SMILES string of the molecule is CCOC(=O)/C(O)=C/c1ncc(CCc2ccc(F)cc2)s1. The summed E-state index contributed by atoms with van der Waals surface area (Å²) in [7, 11) is 0. The van der Waals surface area contributed by atoms with Crippen LogP contribution in [0.2, 0.25) is 0 Å². The molecular weight excluding hydrogens is 305 g/mol. The third kappa shape index (κ3) is 4.66. The van der Waals surface area contributed by atoms with Crippen molar-refractivity contribution in [1.29, 1.82) is 0 Å². The van der Waals surface area contributed by atoms with Gasteiger partial charge >= 0.3 is 5.97 Å². The first kappa shape index (κ1) is 16.2. The van der Waals surface area contributed by atoms with Crippen molar-refractivity contribution in [2.24, 2.45) is 0 Å². The minimum absolute atomic E-state index is 0.206. The van der Waals surface area contributed by atoms with Crippen LogP contribution in [0.5, 0.6) is 0 Å². The van der Waals surface area contributed by atoms with E-state index in [4.69, 9.17) is 0 Å². The summed E-state index contributed by atoms with van der Waals surface area (Å²) in [5.74, 6) is -1.46. The molecule has 1 aromatic heterocycles. The molecular formula is C16H16FNO3S. The molecule has 0 spiro atoms. The summed E-state index contributed by atoms with van der Waals surface area (Å²) >= 11 is 1.39. The van der Waals surface area contributed by atoms with Crippen molar-refractivity contribution in [1.82, 2.24) is 4.98 Å². The Morgan fingerprint density at radius 3 is 2.77 bits per heavy atom. The van der Waals surface area contributed by atoms with Gasteiger partial charge in [0.1, 0.15) is 10.8 Å². The summed E-state index contributed by atoms with van der Waals surface area (Å²) in [6.07, 6.45) is 4.54. The Balaban J connectivity index is 1.95. The predicted octanol–water partition coefficient (Wildman–Crippen LogP) is 3.53. The molecule has 0 aliphatic carbocycles. The molecule has 2 aromatic rings. The second-order valence-electron chi connectivity index (χ2n) is 4.54. The highest BCUT2D eigenvalue weighted by Gasteiger charge is 2.10. The largest absolute Gasteiger partial charge is 0.502 e. The normalized spacial score (nSPS) is 11.5. The van der Waals surface area contributed by atoms with Crippen LogP contribution in [-0.4, -0.2) is 22.7 Å². The van der Waals surface area contributed by atoms with Gasteiger partial charge < -0.3 is 9.84 Å². The number of carbonyl (C=O) groups excluding carboxylic acids is 1. The summed E-state index contributed by atoms with van der Waals surface area (Å²) in [5.41, 5.74) is 1.04. The molecule has 0 bridgehead atoms. The van der Waals surface area contributed by atoms with Gasteiger partial charge in [-0.1, -0.05) is 12.1 Å². The zero-order valence-corrected chi connectivity index (χ0v) is 12.9. The molecule has 1 aromatic carbocycles. The van der Waals surface area contributed by atoms with E-state index in [1.165, 1.54) is 29.5 Å².